The van der Waals surface area contributed by atoms with Crippen LogP contribution in [-0.4, -0.2) is 47.8 Å². The SMILES string of the molecule is CCN1CCCCC1CC1(CO)CCCN1. The zero-order valence-electron chi connectivity index (χ0n) is 10.5. The molecule has 0 aromatic heterocycles. The summed E-state index contributed by atoms with van der Waals surface area (Å²) in [6.07, 6.45) is 7.54. The minimum atomic E-state index is 0.0371. The Balaban J connectivity index is 1.95. The maximum Gasteiger partial charge on any atom is 0.0613 e. The molecule has 2 aliphatic rings. The maximum absolute atomic E-state index is 9.63. The number of hydrogen-bond acceptors (Lipinski definition) is 3. The molecule has 2 rings (SSSR count). The van der Waals surface area contributed by atoms with Gasteiger partial charge in [-0.25, -0.2) is 0 Å². The smallest absolute Gasteiger partial charge is 0.0613 e. The van der Waals surface area contributed by atoms with E-state index in [-0.39, 0.29) is 5.54 Å². The van der Waals surface area contributed by atoms with E-state index in [2.05, 4.69) is 17.1 Å². The Kier molecular flexibility index (Phi) is 4.22. The van der Waals surface area contributed by atoms with Gasteiger partial charge in [-0.3, -0.25) is 0 Å². The first-order chi connectivity index (χ1) is 7.79. The molecule has 0 aromatic rings. The lowest BCUT2D eigenvalue weighted by Gasteiger charge is -2.40. The van der Waals surface area contributed by atoms with Gasteiger partial charge in [0.05, 0.1) is 6.61 Å². The molecule has 3 nitrogen and oxygen atoms in total. The topological polar surface area (TPSA) is 35.5 Å². The summed E-state index contributed by atoms with van der Waals surface area (Å²) in [7, 11) is 0. The fraction of sp³-hybridized carbons (Fsp3) is 1.00. The van der Waals surface area contributed by atoms with Crippen LogP contribution >= 0.6 is 0 Å². The Morgan fingerprint density at radius 2 is 2.25 bits per heavy atom. The van der Waals surface area contributed by atoms with Crippen molar-refractivity contribution < 1.29 is 5.11 Å². The van der Waals surface area contributed by atoms with Crippen LogP contribution < -0.4 is 5.32 Å². The largest absolute Gasteiger partial charge is 0.394 e. The Bertz CT molecular complexity index is 214. The molecule has 0 spiro atoms. The molecular weight excluding hydrogens is 200 g/mol. The third kappa shape index (κ3) is 2.58. The van der Waals surface area contributed by atoms with E-state index in [0.717, 1.165) is 25.9 Å². The number of piperidine rings is 1. The summed E-state index contributed by atoms with van der Waals surface area (Å²) in [6, 6.07) is 0.691. The summed E-state index contributed by atoms with van der Waals surface area (Å²) in [5.74, 6) is 0. The van der Waals surface area contributed by atoms with Crippen molar-refractivity contribution in [3.05, 3.63) is 0 Å². The number of rotatable bonds is 4. The summed E-state index contributed by atoms with van der Waals surface area (Å²) < 4.78 is 0. The predicted molar refractivity (Wildman–Crippen MR) is 66.6 cm³/mol. The van der Waals surface area contributed by atoms with Gasteiger partial charge < -0.3 is 15.3 Å². The second-order valence-electron chi connectivity index (χ2n) is 5.45. The molecule has 2 heterocycles. The van der Waals surface area contributed by atoms with E-state index < -0.39 is 0 Å². The van der Waals surface area contributed by atoms with Gasteiger partial charge in [0.25, 0.3) is 0 Å². The quantitative estimate of drug-likeness (QED) is 0.760. The van der Waals surface area contributed by atoms with Crippen molar-refractivity contribution in [3.8, 4) is 0 Å². The summed E-state index contributed by atoms with van der Waals surface area (Å²) in [5.41, 5.74) is 0.0371. The standard InChI is InChI=1S/C13H26N2O/c1-2-15-9-4-3-6-12(15)10-13(11-16)7-5-8-14-13/h12,14,16H,2-11H2,1H3. The summed E-state index contributed by atoms with van der Waals surface area (Å²) in [5, 5.41) is 13.2. The number of hydrogen-bond donors (Lipinski definition) is 2. The minimum absolute atomic E-state index is 0.0371. The highest BCUT2D eigenvalue weighted by molar-refractivity contribution is 4.96. The van der Waals surface area contributed by atoms with Crippen molar-refractivity contribution in [3.63, 3.8) is 0 Å². The third-order valence-corrected chi connectivity index (χ3v) is 4.42. The van der Waals surface area contributed by atoms with Crippen LogP contribution in [0.4, 0.5) is 0 Å². The zero-order chi connectivity index (χ0) is 11.4. The fourth-order valence-electron chi connectivity index (χ4n) is 3.40. The van der Waals surface area contributed by atoms with Crippen molar-refractivity contribution >= 4 is 0 Å². The van der Waals surface area contributed by atoms with Crippen LogP contribution in [0.25, 0.3) is 0 Å². The summed E-state index contributed by atoms with van der Waals surface area (Å²) >= 11 is 0. The van der Waals surface area contributed by atoms with Crippen molar-refractivity contribution in [1.29, 1.82) is 0 Å². The normalized spacial score (nSPS) is 36.8. The lowest BCUT2D eigenvalue weighted by atomic mass is 9.86. The lowest BCUT2D eigenvalue weighted by molar-refractivity contribution is 0.0889. The van der Waals surface area contributed by atoms with E-state index in [9.17, 15) is 5.11 Å². The van der Waals surface area contributed by atoms with Gasteiger partial charge in [0.15, 0.2) is 0 Å². The first kappa shape index (κ1) is 12.3. The Hall–Kier alpha value is -0.120. The molecule has 0 saturated carbocycles. The molecule has 94 valence electrons. The number of aliphatic hydroxyl groups is 1. The molecule has 3 heteroatoms. The molecule has 0 aliphatic carbocycles. The molecule has 2 saturated heterocycles. The first-order valence-electron chi connectivity index (χ1n) is 6.89. The molecule has 2 unspecified atom stereocenters. The lowest BCUT2D eigenvalue weighted by Crippen LogP contribution is -2.51. The van der Waals surface area contributed by atoms with Crippen molar-refractivity contribution in [2.24, 2.45) is 0 Å². The van der Waals surface area contributed by atoms with Crippen LogP contribution in [0.3, 0.4) is 0 Å². The van der Waals surface area contributed by atoms with Crippen LogP contribution in [-0.2, 0) is 0 Å². The predicted octanol–water partition coefficient (Wildman–Crippen LogP) is 1.37. The summed E-state index contributed by atoms with van der Waals surface area (Å²) in [6.45, 7) is 6.06. The van der Waals surface area contributed by atoms with Gasteiger partial charge in [-0.1, -0.05) is 13.3 Å². The second kappa shape index (κ2) is 5.48. The minimum Gasteiger partial charge on any atom is -0.394 e. The van der Waals surface area contributed by atoms with Crippen LogP contribution in [0.2, 0.25) is 0 Å². The van der Waals surface area contributed by atoms with Crippen molar-refractivity contribution in [1.82, 2.24) is 10.2 Å². The molecule has 2 aliphatic heterocycles. The number of nitrogens with zero attached hydrogens (tertiary/aromatic N) is 1. The van der Waals surface area contributed by atoms with Crippen LogP contribution in [0.5, 0.6) is 0 Å². The van der Waals surface area contributed by atoms with Gasteiger partial charge in [-0.05, 0) is 51.7 Å². The molecule has 2 atom stereocenters. The average Bonchev–Trinajstić information content (AvgIpc) is 2.79. The number of aliphatic hydroxyl groups excluding tert-OH is 1. The summed E-state index contributed by atoms with van der Waals surface area (Å²) in [4.78, 5) is 2.60. The number of likely N-dealkylation sites (tertiary alicyclic amines) is 1. The Morgan fingerprint density at radius 3 is 2.88 bits per heavy atom. The highest BCUT2D eigenvalue weighted by Gasteiger charge is 2.37. The molecule has 2 fully saturated rings. The van der Waals surface area contributed by atoms with Gasteiger partial charge in [-0.15, -0.1) is 0 Å². The molecule has 0 bridgehead atoms. The number of nitrogens with one attached hydrogen (secondary N) is 1. The molecule has 0 amide bonds. The Morgan fingerprint density at radius 1 is 1.38 bits per heavy atom. The highest BCUT2D eigenvalue weighted by atomic mass is 16.3. The van der Waals surface area contributed by atoms with Gasteiger partial charge in [0.1, 0.15) is 0 Å². The second-order valence-corrected chi connectivity index (χ2v) is 5.45. The van der Waals surface area contributed by atoms with Crippen molar-refractivity contribution in [2.45, 2.75) is 57.0 Å². The van der Waals surface area contributed by atoms with Crippen LogP contribution in [0.1, 0.15) is 45.4 Å². The van der Waals surface area contributed by atoms with E-state index in [0.29, 0.717) is 12.6 Å². The van der Waals surface area contributed by atoms with E-state index in [1.165, 1.54) is 32.2 Å². The molecular formula is C13H26N2O. The maximum atomic E-state index is 9.63. The van der Waals surface area contributed by atoms with E-state index in [1.54, 1.807) is 0 Å². The van der Waals surface area contributed by atoms with Crippen LogP contribution in [0.15, 0.2) is 0 Å². The monoisotopic (exact) mass is 226 g/mol. The third-order valence-electron chi connectivity index (χ3n) is 4.42. The van der Waals surface area contributed by atoms with Gasteiger partial charge >= 0.3 is 0 Å². The average molecular weight is 226 g/mol. The first-order valence-corrected chi connectivity index (χ1v) is 6.89. The van der Waals surface area contributed by atoms with Gasteiger partial charge in [0.2, 0.25) is 0 Å². The highest BCUT2D eigenvalue weighted by Crippen LogP contribution is 2.29. The molecule has 0 aromatic carbocycles. The molecule has 16 heavy (non-hydrogen) atoms. The van der Waals surface area contributed by atoms with E-state index in [4.69, 9.17) is 0 Å². The van der Waals surface area contributed by atoms with E-state index >= 15 is 0 Å². The van der Waals surface area contributed by atoms with Crippen LogP contribution in [0, 0.1) is 0 Å². The molecule has 0 radical (unpaired) electrons. The van der Waals surface area contributed by atoms with Crippen molar-refractivity contribution in [2.75, 3.05) is 26.2 Å². The van der Waals surface area contributed by atoms with Gasteiger partial charge in [-0.2, -0.15) is 0 Å². The molecule has 2 N–H and O–H groups in total. The zero-order valence-corrected chi connectivity index (χ0v) is 10.5. The van der Waals surface area contributed by atoms with E-state index in [1.807, 2.05) is 0 Å². The van der Waals surface area contributed by atoms with Gasteiger partial charge in [0, 0.05) is 11.6 Å². The fourth-order valence-corrected chi connectivity index (χ4v) is 3.40. The Labute approximate surface area is 99.2 Å².